The predicted octanol–water partition coefficient (Wildman–Crippen LogP) is 3.45. The van der Waals surface area contributed by atoms with Crippen LogP contribution in [0.25, 0.3) is 0 Å². The normalized spacial score (nSPS) is 10.2. The number of ether oxygens (including phenoxy) is 1. The molecule has 0 heterocycles. The molecule has 0 fully saturated rings. The van der Waals surface area contributed by atoms with Gasteiger partial charge in [-0.25, -0.2) is 8.78 Å². The molecule has 0 aromatic heterocycles. The number of anilines is 2. The monoisotopic (exact) mass is 351 g/mol. The quantitative estimate of drug-likeness (QED) is 0.614. The number of halogens is 2. The molecule has 7 nitrogen and oxygen atoms in total. The van der Waals surface area contributed by atoms with Crippen LogP contribution in [0.2, 0.25) is 0 Å². The number of rotatable bonds is 6. The SMILES string of the molecule is COc1ccc([N+](=O)[O-])cc1CNc1cc(NC(C)=O)c(F)cc1F. The van der Waals surface area contributed by atoms with E-state index in [1.165, 1.54) is 32.2 Å². The largest absolute Gasteiger partial charge is 0.496 e. The number of nitro groups is 1. The Bertz CT molecular complexity index is 827. The molecule has 0 unspecified atom stereocenters. The second kappa shape index (κ2) is 7.56. The number of nitrogens with zero attached hydrogens (tertiary/aromatic N) is 1. The number of nitrogens with one attached hydrogen (secondary N) is 2. The fraction of sp³-hybridized carbons (Fsp3) is 0.188. The molecule has 0 aliphatic rings. The van der Waals surface area contributed by atoms with E-state index in [1.54, 1.807) is 0 Å². The van der Waals surface area contributed by atoms with Crippen molar-refractivity contribution in [1.82, 2.24) is 0 Å². The Morgan fingerprint density at radius 2 is 1.88 bits per heavy atom. The van der Waals surface area contributed by atoms with Crippen LogP contribution >= 0.6 is 0 Å². The maximum Gasteiger partial charge on any atom is 0.270 e. The molecule has 0 aliphatic carbocycles. The minimum absolute atomic E-state index is 0.00703. The first kappa shape index (κ1) is 18.1. The van der Waals surface area contributed by atoms with E-state index in [4.69, 9.17) is 4.74 Å². The van der Waals surface area contributed by atoms with Gasteiger partial charge in [0.15, 0.2) is 0 Å². The van der Waals surface area contributed by atoms with Gasteiger partial charge in [0.1, 0.15) is 17.4 Å². The fourth-order valence-electron chi connectivity index (χ4n) is 2.18. The number of amides is 1. The number of hydrogen-bond donors (Lipinski definition) is 2. The number of methoxy groups -OCH3 is 1. The Morgan fingerprint density at radius 3 is 2.48 bits per heavy atom. The molecule has 132 valence electrons. The highest BCUT2D eigenvalue weighted by Gasteiger charge is 2.14. The molecule has 0 saturated carbocycles. The van der Waals surface area contributed by atoms with Crippen LogP contribution in [-0.2, 0) is 11.3 Å². The molecule has 2 aromatic rings. The summed E-state index contributed by atoms with van der Waals surface area (Å²) in [6.45, 7) is 1.19. The highest BCUT2D eigenvalue weighted by molar-refractivity contribution is 5.89. The molecule has 0 radical (unpaired) electrons. The smallest absolute Gasteiger partial charge is 0.270 e. The van der Waals surface area contributed by atoms with Crippen molar-refractivity contribution < 1.29 is 23.2 Å². The van der Waals surface area contributed by atoms with Gasteiger partial charge in [0, 0.05) is 37.2 Å². The highest BCUT2D eigenvalue weighted by atomic mass is 19.1. The van der Waals surface area contributed by atoms with Crippen LogP contribution in [-0.4, -0.2) is 17.9 Å². The van der Waals surface area contributed by atoms with E-state index in [1.807, 2.05) is 0 Å². The molecule has 1 amide bonds. The number of hydrogen-bond acceptors (Lipinski definition) is 5. The zero-order valence-electron chi connectivity index (χ0n) is 13.4. The van der Waals surface area contributed by atoms with Crippen LogP contribution in [0.5, 0.6) is 5.75 Å². The van der Waals surface area contributed by atoms with Crippen molar-refractivity contribution >= 4 is 23.0 Å². The minimum Gasteiger partial charge on any atom is -0.496 e. The summed E-state index contributed by atoms with van der Waals surface area (Å²) >= 11 is 0. The van der Waals surface area contributed by atoms with Gasteiger partial charge in [-0.1, -0.05) is 0 Å². The zero-order valence-corrected chi connectivity index (χ0v) is 13.4. The number of carbonyl (C=O) groups excluding carboxylic acids is 1. The summed E-state index contributed by atoms with van der Waals surface area (Å²) in [5, 5.41) is 15.8. The van der Waals surface area contributed by atoms with Gasteiger partial charge in [0.25, 0.3) is 5.69 Å². The molecule has 2 N–H and O–H groups in total. The first-order valence-electron chi connectivity index (χ1n) is 7.13. The predicted molar refractivity (Wildman–Crippen MR) is 87.6 cm³/mol. The van der Waals surface area contributed by atoms with E-state index in [-0.39, 0.29) is 23.6 Å². The Balaban J connectivity index is 2.27. The molecule has 0 atom stereocenters. The summed E-state index contributed by atoms with van der Waals surface area (Å²) in [7, 11) is 1.40. The summed E-state index contributed by atoms with van der Waals surface area (Å²) in [4.78, 5) is 21.4. The molecule has 0 bridgehead atoms. The van der Waals surface area contributed by atoms with Crippen LogP contribution in [0.3, 0.4) is 0 Å². The molecule has 25 heavy (non-hydrogen) atoms. The van der Waals surface area contributed by atoms with E-state index in [0.29, 0.717) is 17.4 Å². The van der Waals surface area contributed by atoms with E-state index in [2.05, 4.69) is 10.6 Å². The van der Waals surface area contributed by atoms with Crippen LogP contribution < -0.4 is 15.4 Å². The van der Waals surface area contributed by atoms with E-state index < -0.39 is 22.5 Å². The van der Waals surface area contributed by atoms with Crippen LogP contribution in [0.15, 0.2) is 30.3 Å². The van der Waals surface area contributed by atoms with Crippen molar-refractivity contribution in [2.24, 2.45) is 0 Å². The lowest BCUT2D eigenvalue weighted by Crippen LogP contribution is -2.10. The molecular weight excluding hydrogens is 336 g/mol. The van der Waals surface area contributed by atoms with Crippen molar-refractivity contribution in [3.05, 3.63) is 57.6 Å². The molecule has 2 aromatic carbocycles. The Labute approximate surface area is 141 Å². The van der Waals surface area contributed by atoms with E-state index >= 15 is 0 Å². The maximum atomic E-state index is 13.9. The third kappa shape index (κ3) is 4.40. The minimum atomic E-state index is -0.911. The lowest BCUT2D eigenvalue weighted by molar-refractivity contribution is -0.384. The molecule has 2 rings (SSSR count). The number of carbonyl (C=O) groups is 1. The third-order valence-corrected chi connectivity index (χ3v) is 3.31. The average Bonchev–Trinajstić information content (AvgIpc) is 2.55. The van der Waals surface area contributed by atoms with Crippen LogP contribution in [0.1, 0.15) is 12.5 Å². The first-order valence-corrected chi connectivity index (χ1v) is 7.13. The molecule has 0 aliphatic heterocycles. The van der Waals surface area contributed by atoms with Crippen molar-refractivity contribution in [3.63, 3.8) is 0 Å². The fourth-order valence-corrected chi connectivity index (χ4v) is 2.18. The zero-order chi connectivity index (χ0) is 18.6. The standard InChI is InChI=1S/C16H15F2N3O4/c1-9(22)20-15-7-14(12(17)6-13(15)18)19-8-10-5-11(21(23)24)3-4-16(10)25-2/h3-7,19H,8H2,1-2H3,(H,20,22). The number of non-ortho nitro benzene ring substituents is 1. The summed E-state index contributed by atoms with van der Waals surface area (Å²) in [6.07, 6.45) is 0. The van der Waals surface area contributed by atoms with Crippen LogP contribution in [0, 0.1) is 21.7 Å². The average molecular weight is 351 g/mol. The van der Waals surface area contributed by atoms with Gasteiger partial charge < -0.3 is 15.4 Å². The molecule has 0 saturated heterocycles. The van der Waals surface area contributed by atoms with Crippen molar-refractivity contribution in [3.8, 4) is 5.75 Å². The van der Waals surface area contributed by atoms with Crippen molar-refractivity contribution in [2.75, 3.05) is 17.7 Å². The van der Waals surface area contributed by atoms with E-state index in [9.17, 15) is 23.7 Å². The van der Waals surface area contributed by atoms with Gasteiger partial charge in [-0.3, -0.25) is 14.9 Å². The second-order valence-corrected chi connectivity index (χ2v) is 5.10. The van der Waals surface area contributed by atoms with Gasteiger partial charge in [0.05, 0.1) is 23.4 Å². The lowest BCUT2D eigenvalue weighted by Gasteiger charge is -2.13. The first-order chi connectivity index (χ1) is 11.8. The summed E-state index contributed by atoms with van der Waals surface area (Å²) < 4.78 is 32.7. The van der Waals surface area contributed by atoms with Gasteiger partial charge in [0.2, 0.25) is 5.91 Å². The Morgan fingerprint density at radius 1 is 1.20 bits per heavy atom. The highest BCUT2D eigenvalue weighted by Crippen LogP contribution is 2.27. The van der Waals surface area contributed by atoms with Crippen molar-refractivity contribution in [1.29, 1.82) is 0 Å². The van der Waals surface area contributed by atoms with Crippen molar-refractivity contribution in [2.45, 2.75) is 13.5 Å². The van der Waals surface area contributed by atoms with E-state index in [0.717, 1.165) is 6.07 Å². The number of nitro benzene ring substituents is 1. The summed E-state index contributed by atoms with van der Waals surface area (Å²) in [6, 6.07) is 5.75. The Kier molecular flexibility index (Phi) is 5.48. The summed E-state index contributed by atoms with van der Waals surface area (Å²) in [5.41, 5.74) is 0.0266. The lowest BCUT2D eigenvalue weighted by atomic mass is 10.1. The van der Waals surface area contributed by atoms with Crippen LogP contribution in [0.4, 0.5) is 25.8 Å². The van der Waals surface area contributed by atoms with Gasteiger partial charge >= 0.3 is 0 Å². The topological polar surface area (TPSA) is 93.5 Å². The number of benzene rings is 2. The molecule has 9 heteroatoms. The van der Waals surface area contributed by atoms with Gasteiger partial charge in [-0.2, -0.15) is 0 Å². The maximum absolute atomic E-state index is 13.9. The second-order valence-electron chi connectivity index (χ2n) is 5.10. The Hall–Kier alpha value is -3.23. The van der Waals surface area contributed by atoms with Gasteiger partial charge in [-0.05, 0) is 12.1 Å². The summed E-state index contributed by atoms with van der Waals surface area (Å²) in [5.74, 6) is -1.90. The molecule has 0 spiro atoms. The third-order valence-electron chi connectivity index (χ3n) is 3.31. The van der Waals surface area contributed by atoms with Gasteiger partial charge in [-0.15, -0.1) is 0 Å². The molecular formula is C16H15F2N3O4.